The molecular weight excluding hydrogens is 256 g/mol. The van der Waals surface area contributed by atoms with E-state index >= 15 is 0 Å². The van der Waals surface area contributed by atoms with E-state index in [-0.39, 0.29) is 5.91 Å². The summed E-state index contributed by atoms with van der Waals surface area (Å²) < 4.78 is 0. The van der Waals surface area contributed by atoms with Gasteiger partial charge in [0.1, 0.15) is 0 Å². The van der Waals surface area contributed by atoms with E-state index < -0.39 is 0 Å². The first kappa shape index (κ1) is 13.7. The first-order valence-electron chi connectivity index (χ1n) is 6.25. The monoisotopic (exact) mass is 274 g/mol. The zero-order chi connectivity index (χ0) is 14.0. The quantitative estimate of drug-likeness (QED) is 0.930. The van der Waals surface area contributed by atoms with E-state index in [1.165, 1.54) is 5.56 Å². The van der Waals surface area contributed by atoms with Gasteiger partial charge in [-0.2, -0.15) is 0 Å². The Morgan fingerprint density at radius 3 is 2.58 bits per heavy atom. The molecule has 0 fully saturated rings. The molecule has 0 aliphatic heterocycles. The largest absolute Gasteiger partial charge is 0.326 e. The zero-order valence-electron chi connectivity index (χ0n) is 11.7. The molecule has 4 heteroatoms. The maximum absolute atomic E-state index is 12.0. The summed E-state index contributed by atoms with van der Waals surface area (Å²) in [7, 11) is 0. The first-order valence-corrected chi connectivity index (χ1v) is 7.07. The number of aromatic nitrogens is 1. The lowest BCUT2D eigenvalue weighted by Crippen LogP contribution is -2.15. The maximum Gasteiger partial charge on any atom is 0.229 e. The van der Waals surface area contributed by atoms with Crippen LogP contribution in [-0.4, -0.2) is 10.9 Å². The van der Waals surface area contributed by atoms with Crippen molar-refractivity contribution in [2.45, 2.75) is 34.1 Å². The van der Waals surface area contributed by atoms with Crippen molar-refractivity contribution in [3.8, 4) is 0 Å². The van der Waals surface area contributed by atoms with Crippen LogP contribution in [0.3, 0.4) is 0 Å². The van der Waals surface area contributed by atoms with Crippen LogP contribution >= 0.6 is 11.3 Å². The number of nitrogens with zero attached hydrogens (tertiary/aromatic N) is 1. The van der Waals surface area contributed by atoms with E-state index in [1.807, 2.05) is 39.8 Å². The minimum atomic E-state index is 0.0127. The third-order valence-electron chi connectivity index (χ3n) is 2.98. The number of thiazole rings is 1. The average molecular weight is 274 g/mol. The summed E-state index contributed by atoms with van der Waals surface area (Å²) in [4.78, 5) is 17.4. The molecular formula is C15H18N2OS. The summed E-state index contributed by atoms with van der Waals surface area (Å²) in [5, 5.41) is 3.97. The van der Waals surface area contributed by atoms with Crippen LogP contribution < -0.4 is 5.32 Å². The van der Waals surface area contributed by atoms with Crippen LogP contribution in [0.4, 0.5) is 5.69 Å². The molecule has 3 nitrogen and oxygen atoms in total. The summed E-state index contributed by atoms with van der Waals surface area (Å²) in [5.74, 6) is 0.0127. The fourth-order valence-corrected chi connectivity index (χ4v) is 2.97. The number of nitrogens with one attached hydrogen (secondary N) is 1. The number of aryl methyl sites for hydroxylation is 4. The van der Waals surface area contributed by atoms with E-state index in [4.69, 9.17) is 0 Å². The highest BCUT2D eigenvalue weighted by atomic mass is 32.1. The first-order chi connectivity index (χ1) is 8.95. The Morgan fingerprint density at radius 2 is 2.00 bits per heavy atom. The topological polar surface area (TPSA) is 42.0 Å². The average Bonchev–Trinajstić information content (AvgIpc) is 2.61. The molecule has 2 rings (SSSR count). The second kappa shape index (κ2) is 5.53. The number of amides is 1. The standard InChI is InChI=1S/C15H18N2OS/c1-9-5-6-13(10(2)7-9)17-15(18)8-14-11(3)16-12(4)19-14/h5-7H,8H2,1-4H3,(H,17,18). The Kier molecular flexibility index (Phi) is 4.00. The molecule has 0 aliphatic rings. The molecule has 1 aromatic heterocycles. The Morgan fingerprint density at radius 1 is 1.26 bits per heavy atom. The third-order valence-corrected chi connectivity index (χ3v) is 4.05. The van der Waals surface area contributed by atoms with Gasteiger partial charge in [-0.3, -0.25) is 4.79 Å². The Balaban J connectivity index is 2.07. The molecule has 0 spiro atoms. The van der Waals surface area contributed by atoms with Gasteiger partial charge in [0, 0.05) is 10.6 Å². The number of carbonyl (C=O) groups is 1. The van der Waals surface area contributed by atoms with Gasteiger partial charge in [-0.05, 0) is 39.3 Å². The lowest BCUT2D eigenvalue weighted by molar-refractivity contribution is -0.115. The lowest BCUT2D eigenvalue weighted by Gasteiger charge is -2.08. The van der Waals surface area contributed by atoms with Crippen LogP contribution in [0.1, 0.15) is 26.7 Å². The normalized spacial score (nSPS) is 10.5. The Bertz CT molecular complexity index is 617. The molecule has 1 N–H and O–H groups in total. The fraction of sp³-hybridized carbons (Fsp3) is 0.333. The highest BCUT2D eigenvalue weighted by Crippen LogP contribution is 2.20. The SMILES string of the molecule is Cc1ccc(NC(=O)Cc2sc(C)nc2C)c(C)c1. The Hall–Kier alpha value is -1.68. The van der Waals surface area contributed by atoms with E-state index in [9.17, 15) is 4.79 Å². The van der Waals surface area contributed by atoms with E-state index in [0.29, 0.717) is 6.42 Å². The van der Waals surface area contributed by atoms with Gasteiger partial charge < -0.3 is 5.32 Å². The van der Waals surface area contributed by atoms with Crippen LogP contribution in [0.25, 0.3) is 0 Å². The molecule has 2 aromatic rings. The third kappa shape index (κ3) is 3.41. The van der Waals surface area contributed by atoms with E-state index in [2.05, 4.69) is 16.4 Å². The van der Waals surface area contributed by atoms with Gasteiger partial charge in [-0.1, -0.05) is 17.7 Å². The van der Waals surface area contributed by atoms with Gasteiger partial charge in [0.05, 0.1) is 17.1 Å². The van der Waals surface area contributed by atoms with Crippen LogP contribution in [0.15, 0.2) is 18.2 Å². The molecule has 19 heavy (non-hydrogen) atoms. The molecule has 0 atom stereocenters. The molecule has 0 saturated carbocycles. The summed E-state index contributed by atoms with van der Waals surface area (Å²) >= 11 is 1.59. The number of hydrogen-bond donors (Lipinski definition) is 1. The number of benzene rings is 1. The van der Waals surface area contributed by atoms with Crippen molar-refractivity contribution in [3.63, 3.8) is 0 Å². The van der Waals surface area contributed by atoms with Crippen LogP contribution in [-0.2, 0) is 11.2 Å². The highest BCUT2D eigenvalue weighted by molar-refractivity contribution is 7.11. The molecule has 0 saturated heterocycles. The predicted molar refractivity (Wildman–Crippen MR) is 79.8 cm³/mol. The van der Waals surface area contributed by atoms with Gasteiger partial charge in [0.2, 0.25) is 5.91 Å². The maximum atomic E-state index is 12.0. The Labute approximate surface area is 117 Å². The molecule has 0 aliphatic carbocycles. The van der Waals surface area contributed by atoms with Gasteiger partial charge in [0.25, 0.3) is 0 Å². The number of anilines is 1. The van der Waals surface area contributed by atoms with Crippen LogP contribution in [0.2, 0.25) is 0 Å². The highest BCUT2D eigenvalue weighted by Gasteiger charge is 2.11. The van der Waals surface area contributed by atoms with Gasteiger partial charge in [-0.25, -0.2) is 4.98 Å². The molecule has 0 bridgehead atoms. The molecule has 1 heterocycles. The molecule has 1 aromatic carbocycles. The van der Waals surface area contributed by atoms with Crippen LogP contribution in [0.5, 0.6) is 0 Å². The summed E-state index contributed by atoms with van der Waals surface area (Å²) in [6, 6.07) is 6.02. The smallest absolute Gasteiger partial charge is 0.229 e. The molecule has 0 radical (unpaired) electrons. The van der Waals surface area contributed by atoms with Crippen molar-refractivity contribution in [1.82, 2.24) is 4.98 Å². The van der Waals surface area contributed by atoms with Crippen LogP contribution in [0, 0.1) is 27.7 Å². The fourth-order valence-electron chi connectivity index (χ4n) is 2.03. The number of carbonyl (C=O) groups excluding carboxylic acids is 1. The molecule has 100 valence electrons. The summed E-state index contributed by atoms with van der Waals surface area (Å²) in [5.41, 5.74) is 4.13. The van der Waals surface area contributed by atoms with Crippen molar-refractivity contribution in [2.24, 2.45) is 0 Å². The molecule has 1 amide bonds. The second-order valence-corrected chi connectivity index (χ2v) is 6.07. The van der Waals surface area contributed by atoms with Crippen molar-refractivity contribution in [2.75, 3.05) is 5.32 Å². The van der Waals surface area contributed by atoms with E-state index in [1.54, 1.807) is 11.3 Å². The van der Waals surface area contributed by atoms with Gasteiger partial charge >= 0.3 is 0 Å². The predicted octanol–water partition coefficient (Wildman–Crippen LogP) is 3.56. The number of hydrogen-bond acceptors (Lipinski definition) is 3. The van der Waals surface area contributed by atoms with Crippen molar-refractivity contribution in [3.05, 3.63) is 44.9 Å². The lowest BCUT2D eigenvalue weighted by atomic mass is 10.1. The van der Waals surface area contributed by atoms with Crippen molar-refractivity contribution < 1.29 is 4.79 Å². The number of rotatable bonds is 3. The zero-order valence-corrected chi connectivity index (χ0v) is 12.5. The van der Waals surface area contributed by atoms with Crippen molar-refractivity contribution in [1.29, 1.82) is 0 Å². The summed E-state index contributed by atoms with van der Waals surface area (Å²) in [6.45, 7) is 7.96. The summed E-state index contributed by atoms with van der Waals surface area (Å²) in [6.07, 6.45) is 0.394. The van der Waals surface area contributed by atoms with Gasteiger partial charge in [-0.15, -0.1) is 11.3 Å². The van der Waals surface area contributed by atoms with E-state index in [0.717, 1.165) is 26.8 Å². The minimum Gasteiger partial charge on any atom is -0.326 e. The van der Waals surface area contributed by atoms with Gasteiger partial charge in [0.15, 0.2) is 0 Å². The minimum absolute atomic E-state index is 0.0127. The van der Waals surface area contributed by atoms with Crippen molar-refractivity contribution >= 4 is 22.9 Å². The molecule has 0 unspecified atom stereocenters. The second-order valence-electron chi connectivity index (χ2n) is 4.78.